The maximum atomic E-state index is 6.32. The van der Waals surface area contributed by atoms with E-state index in [0.29, 0.717) is 0 Å². The molecule has 0 aliphatic heterocycles. The van der Waals surface area contributed by atoms with Gasteiger partial charge in [0.2, 0.25) is 0 Å². The zero-order valence-electron chi connectivity index (χ0n) is 13.1. The molecule has 0 aliphatic carbocycles. The van der Waals surface area contributed by atoms with E-state index in [9.17, 15) is 0 Å². The maximum Gasteiger partial charge on any atom is 0.142 e. The van der Waals surface area contributed by atoms with Gasteiger partial charge in [-0.1, -0.05) is 72.8 Å². The average Bonchev–Trinajstić information content (AvgIpc) is 2.94. The van der Waals surface area contributed by atoms with Crippen molar-refractivity contribution in [2.45, 2.75) is 13.3 Å². The van der Waals surface area contributed by atoms with Crippen LogP contribution in [0.15, 0.2) is 77.2 Å². The molecule has 0 bridgehead atoms. The molecule has 0 atom stereocenters. The predicted molar refractivity (Wildman–Crippen MR) is 97.7 cm³/mol. The third-order valence-electron chi connectivity index (χ3n) is 4.24. The fourth-order valence-corrected chi connectivity index (χ4v) is 3.16. The number of furan rings is 1. The first-order valence-electron chi connectivity index (χ1n) is 7.96. The van der Waals surface area contributed by atoms with Crippen molar-refractivity contribution < 1.29 is 4.42 Å². The number of hydrogen-bond acceptors (Lipinski definition) is 1. The van der Waals surface area contributed by atoms with Crippen molar-refractivity contribution >= 4 is 27.8 Å². The molecule has 4 rings (SSSR count). The second kappa shape index (κ2) is 5.77. The van der Waals surface area contributed by atoms with Crippen molar-refractivity contribution in [3.8, 4) is 0 Å². The molecule has 0 radical (unpaired) electrons. The Balaban J connectivity index is 1.96. The zero-order chi connectivity index (χ0) is 15.6. The van der Waals surface area contributed by atoms with Gasteiger partial charge in [0.05, 0.1) is 0 Å². The van der Waals surface area contributed by atoms with E-state index >= 15 is 0 Å². The highest BCUT2D eigenvalue weighted by atomic mass is 16.3. The smallest absolute Gasteiger partial charge is 0.142 e. The first-order valence-corrected chi connectivity index (χ1v) is 7.96. The molecule has 112 valence electrons. The van der Waals surface area contributed by atoms with Gasteiger partial charge in [0.15, 0.2) is 0 Å². The summed E-state index contributed by atoms with van der Waals surface area (Å²) in [7, 11) is 0. The highest BCUT2D eigenvalue weighted by molar-refractivity contribution is 6.07. The quantitative estimate of drug-likeness (QED) is 0.438. The van der Waals surface area contributed by atoms with Crippen molar-refractivity contribution in [2.24, 2.45) is 0 Å². The van der Waals surface area contributed by atoms with Crippen LogP contribution in [-0.2, 0) is 6.42 Å². The van der Waals surface area contributed by atoms with Crippen molar-refractivity contribution in [1.29, 1.82) is 0 Å². The second-order valence-electron chi connectivity index (χ2n) is 5.76. The van der Waals surface area contributed by atoms with Gasteiger partial charge in [-0.05, 0) is 23.9 Å². The summed E-state index contributed by atoms with van der Waals surface area (Å²) in [6.07, 6.45) is 5.04. The first-order chi connectivity index (χ1) is 11.4. The van der Waals surface area contributed by atoms with Crippen LogP contribution in [0, 0.1) is 0 Å². The molecule has 23 heavy (non-hydrogen) atoms. The molecule has 3 aromatic carbocycles. The topological polar surface area (TPSA) is 13.1 Å². The van der Waals surface area contributed by atoms with Crippen LogP contribution in [0.2, 0.25) is 0 Å². The van der Waals surface area contributed by atoms with Crippen LogP contribution in [-0.4, -0.2) is 0 Å². The molecule has 1 nitrogen and oxygen atoms in total. The lowest BCUT2D eigenvalue weighted by atomic mass is 10.0. The summed E-state index contributed by atoms with van der Waals surface area (Å²) >= 11 is 0. The molecule has 1 heteroatoms. The lowest BCUT2D eigenvalue weighted by Gasteiger charge is -1.99. The molecule has 4 aromatic rings. The Hall–Kier alpha value is -2.80. The Morgan fingerprint density at radius 2 is 1.61 bits per heavy atom. The largest absolute Gasteiger partial charge is 0.459 e. The SMILES string of the molecule is C/C=C\c1c(Cc2ccccc2)oc2c1ccc1ccccc12. The van der Waals surface area contributed by atoms with E-state index in [-0.39, 0.29) is 0 Å². The molecule has 0 N–H and O–H groups in total. The van der Waals surface area contributed by atoms with Crippen molar-refractivity contribution in [3.63, 3.8) is 0 Å². The summed E-state index contributed by atoms with van der Waals surface area (Å²) in [6.45, 7) is 2.05. The molecular weight excluding hydrogens is 280 g/mol. The predicted octanol–water partition coefficient (Wildman–Crippen LogP) is 6.21. The average molecular weight is 298 g/mol. The van der Waals surface area contributed by atoms with Crippen LogP contribution < -0.4 is 0 Å². The molecule has 0 saturated carbocycles. The number of allylic oxidation sites excluding steroid dienone is 1. The van der Waals surface area contributed by atoms with Crippen LogP contribution in [0.5, 0.6) is 0 Å². The standard InChI is InChI=1S/C22H18O/c1-2-8-19-20-14-13-17-11-6-7-12-18(17)22(20)23-21(19)15-16-9-4-3-5-10-16/h2-14H,15H2,1H3/b8-2-. The highest BCUT2D eigenvalue weighted by Gasteiger charge is 2.14. The van der Waals surface area contributed by atoms with E-state index in [1.54, 1.807) is 0 Å². The van der Waals surface area contributed by atoms with Gasteiger partial charge in [0, 0.05) is 22.8 Å². The second-order valence-corrected chi connectivity index (χ2v) is 5.76. The van der Waals surface area contributed by atoms with Crippen LogP contribution in [0.4, 0.5) is 0 Å². The van der Waals surface area contributed by atoms with Crippen LogP contribution >= 0.6 is 0 Å². The maximum absolute atomic E-state index is 6.32. The summed E-state index contributed by atoms with van der Waals surface area (Å²) < 4.78 is 6.32. The van der Waals surface area contributed by atoms with E-state index in [4.69, 9.17) is 4.42 Å². The molecule has 1 heterocycles. The van der Waals surface area contributed by atoms with E-state index in [0.717, 1.165) is 17.8 Å². The summed E-state index contributed by atoms with van der Waals surface area (Å²) in [5.74, 6) is 1.03. The summed E-state index contributed by atoms with van der Waals surface area (Å²) in [6, 6.07) is 23.2. The van der Waals surface area contributed by atoms with Crippen LogP contribution in [0.3, 0.4) is 0 Å². The molecule has 0 saturated heterocycles. The number of hydrogen-bond donors (Lipinski definition) is 0. The van der Waals surface area contributed by atoms with Gasteiger partial charge >= 0.3 is 0 Å². The number of fused-ring (bicyclic) bond motifs is 3. The molecule has 0 fully saturated rings. The molecule has 0 amide bonds. The van der Waals surface area contributed by atoms with E-state index < -0.39 is 0 Å². The third kappa shape index (κ3) is 2.44. The molecule has 0 spiro atoms. The number of rotatable bonds is 3. The van der Waals surface area contributed by atoms with E-state index in [1.807, 2.05) is 13.0 Å². The van der Waals surface area contributed by atoms with Gasteiger partial charge in [-0.2, -0.15) is 0 Å². The minimum Gasteiger partial charge on any atom is -0.459 e. The summed E-state index contributed by atoms with van der Waals surface area (Å²) in [5, 5.41) is 3.58. The molecule has 0 aliphatic rings. The Morgan fingerprint density at radius 1 is 0.826 bits per heavy atom. The first kappa shape index (κ1) is 13.8. The highest BCUT2D eigenvalue weighted by Crippen LogP contribution is 2.34. The Labute approximate surface area is 135 Å². The van der Waals surface area contributed by atoms with Gasteiger partial charge in [-0.15, -0.1) is 0 Å². The fraction of sp³-hybridized carbons (Fsp3) is 0.0909. The van der Waals surface area contributed by atoms with Gasteiger partial charge < -0.3 is 4.42 Å². The minimum atomic E-state index is 0.809. The third-order valence-corrected chi connectivity index (χ3v) is 4.24. The van der Waals surface area contributed by atoms with E-state index in [2.05, 4.69) is 72.8 Å². The zero-order valence-corrected chi connectivity index (χ0v) is 13.1. The van der Waals surface area contributed by atoms with Crippen molar-refractivity contribution in [1.82, 2.24) is 0 Å². The van der Waals surface area contributed by atoms with Crippen LogP contribution in [0.25, 0.3) is 27.8 Å². The molecule has 1 aromatic heterocycles. The van der Waals surface area contributed by atoms with Crippen molar-refractivity contribution in [2.75, 3.05) is 0 Å². The van der Waals surface area contributed by atoms with Gasteiger partial charge in [-0.25, -0.2) is 0 Å². The summed E-state index contributed by atoms with van der Waals surface area (Å²) in [4.78, 5) is 0. The lowest BCUT2D eigenvalue weighted by Crippen LogP contribution is -1.87. The number of benzene rings is 3. The fourth-order valence-electron chi connectivity index (χ4n) is 3.16. The lowest BCUT2D eigenvalue weighted by molar-refractivity contribution is 0.564. The normalized spacial score (nSPS) is 11.7. The minimum absolute atomic E-state index is 0.809. The van der Waals surface area contributed by atoms with E-state index in [1.165, 1.54) is 27.3 Å². The Kier molecular flexibility index (Phi) is 3.47. The summed E-state index contributed by atoms with van der Waals surface area (Å²) in [5.41, 5.74) is 3.45. The van der Waals surface area contributed by atoms with Gasteiger partial charge in [-0.3, -0.25) is 0 Å². The molecular formula is C22H18O. The Morgan fingerprint density at radius 3 is 2.43 bits per heavy atom. The monoisotopic (exact) mass is 298 g/mol. The Bertz CT molecular complexity index is 991. The van der Waals surface area contributed by atoms with Crippen molar-refractivity contribution in [3.05, 3.63) is 89.7 Å². The van der Waals surface area contributed by atoms with Gasteiger partial charge in [0.25, 0.3) is 0 Å². The van der Waals surface area contributed by atoms with Gasteiger partial charge in [0.1, 0.15) is 11.3 Å². The molecule has 0 unspecified atom stereocenters. The van der Waals surface area contributed by atoms with Crippen LogP contribution in [0.1, 0.15) is 23.8 Å².